The number of aromatic nitrogens is 3. The van der Waals surface area contributed by atoms with Gasteiger partial charge in [0.2, 0.25) is 0 Å². The van der Waals surface area contributed by atoms with Gasteiger partial charge in [0.15, 0.2) is 23.2 Å². The van der Waals surface area contributed by atoms with Crippen molar-refractivity contribution in [2.24, 2.45) is 10.7 Å². The van der Waals surface area contributed by atoms with Gasteiger partial charge in [-0.05, 0) is 24.3 Å². The van der Waals surface area contributed by atoms with Crippen LogP contribution in [0.2, 0.25) is 0 Å². The first-order valence-corrected chi connectivity index (χ1v) is 7.13. The van der Waals surface area contributed by atoms with Gasteiger partial charge in [-0.25, -0.2) is 4.99 Å². The Balaban J connectivity index is 0.00000243. The summed E-state index contributed by atoms with van der Waals surface area (Å²) in [5.41, 5.74) is 6.45. The Morgan fingerprint density at radius 3 is 2.65 bits per heavy atom. The summed E-state index contributed by atoms with van der Waals surface area (Å²) < 4.78 is 42.9. The van der Waals surface area contributed by atoms with Gasteiger partial charge in [-0.1, -0.05) is 18.2 Å². The van der Waals surface area contributed by atoms with Gasteiger partial charge in [-0.15, -0.1) is 47.3 Å². The second kappa shape index (κ2) is 8.21. The fourth-order valence-corrected chi connectivity index (χ4v) is 2.12. The SMILES string of the molecule is I.NC(=NCc1nnc2ccccn12)Nc1ccccc1OC(F)(F)F. The molecule has 0 fully saturated rings. The minimum absolute atomic E-state index is 0. The zero-order valence-corrected chi connectivity index (χ0v) is 15.5. The molecule has 11 heteroatoms. The maximum Gasteiger partial charge on any atom is 0.573 e. The van der Waals surface area contributed by atoms with E-state index < -0.39 is 12.1 Å². The molecule has 2 heterocycles. The first-order valence-electron chi connectivity index (χ1n) is 7.13. The lowest BCUT2D eigenvalue weighted by Gasteiger charge is -2.14. The number of benzene rings is 1. The minimum atomic E-state index is -4.80. The summed E-state index contributed by atoms with van der Waals surface area (Å²) in [4.78, 5) is 4.07. The normalized spacial score (nSPS) is 11.9. The Bertz CT molecular complexity index is 912. The van der Waals surface area contributed by atoms with Crippen molar-refractivity contribution < 1.29 is 17.9 Å². The van der Waals surface area contributed by atoms with Gasteiger partial charge in [-0.3, -0.25) is 4.40 Å². The van der Waals surface area contributed by atoms with Crippen molar-refractivity contribution in [1.29, 1.82) is 0 Å². The Kier molecular flexibility index (Phi) is 6.23. The highest BCUT2D eigenvalue weighted by Gasteiger charge is 2.32. The smallest absolute Gasteiger partial charge is 0.404 e. The molecule has 0 aliphatic rings. The molecule has 0 aliphatic carbocycles. The van der Waals surface area contributed by atoms with Gasteiger partial charge in [0.1, 0.15) is 6.54 Å². The molecule has 138 valence electrons. The number of rotatable bonds is 4. The standard InChI is InChI=1S/C15H13F3N6O.HI/c16-15(17,18)25-11-6-2-1-5-10(11)21-14(19)20-9-13-23-22-12-7-3-4-8-24(12)13;/h1-8H,9H2,(H3,19,20,21);1H. The number of hydrogen-bond donors (Lipinski definition) is 2. The molecule has 0 spiro atoms. The van der Waals surface area contributed by atoms with Gasteiger partial charge in [0, 0.05) is 6.20 Å². The monoisotopic (exact) mass is 478 g/mol. The minimum Gasteiger partial charge on any atom is -0.404 e. The molecule has 3 aromatic rings. The van der Waals surface area contributed by atoms with Crippen LogP contribution in [0.15, 0.2) is 53.7 Å². The molecule has 0 amide bonds. The topological polar surface area (TPSA) is 89.8 Å². The van der Waals surface area contributed by atoms with Gasteiger partial charge in [-0.2, -0.15) is 0 Å². The van der Waals surface area contributed by atoms with Crippen LogP contribution >= 0.6 is 24.0 Å². The van der Waals surface area contributed by atoms with E-state index in [1.807, 2.05) is 12.1 Å². The fraction of sp³-hybridized carbons (Fsp3) is 0.133. The average Bonchev–Trinajstić information content (AvgIpc) is 2.97. The summed E-state index contributed by atoms with van der Waals surface area (Å²) in [5, 5.41) is 10.6. The molecule has 0 aliphatic heterocycles. The number of guanidine groups is 1. The Morgan fingerprint density at radius 1 is 1.15 bits per heavy atom. The van der Waals surface area contributed by atoms with Crippen LogP contribution < -0.4 is 15.8 Å². The largest absolute Gasteiger partial charge is 0.573 e. The van der Waals surface area contributed by atoms with Crippen LogP contribution in [-0.4, -0.2) is 26.9 Å². The van der Waals surface area contributed by atoms with Gasteiger partial charge >= 0.3 is 6.36 Å². The van der Waals surface area contributed by atoms with Crippen LogP contribution in [-0.2, 0) is 6.54 Å². The number of fused-ring (bicyclic) bond motifs is 1. The van der Waals surface area contributed by atoms with Crippen LogP contribution in [0.25, 0.3) is 5.65 Å². The highest BCUT2D eigenvalue weighted by Crippen LogP contribution is 2.29. The number of nitrogens with one attached hydrogen (secondary N) is 1. The number of ether oxygens (including phenoxy) is 1. The summed E-state index contributed by atoms with van der Waals surface area (Å²) in [6.45, 7) is 0.103. The molecule has 26 heavy (non-hydrogen) atoms. The van der Waals surface area contributed by atoms with Crippen LogP contribution in [0.5, 0.6) is 5.75 Å². The molecule has 7 nitrogen and oxygen atoms in total. The van der Waals surface area contributed by atoms with Crippen molar-refractivity contribution in [1.82, 2.24) is 14.6 Å². The summed E-state index contributed by atoms with van der Waals surface area (Å²) in [7, 11) is 0. The fourth-order valence-electron chi connectivity index (χ4n) is 2.12. The summed E-state index contributed by atoms with van der Waals surface area (Å²) in [5.74, 6) is 0.0622. The number of nitrogens with two attached hydrogens (primary N) is 1. The molecule has 0 bridgehead atoms. The molecule has 0 atom stereocenters. The third-order valence-electron chi connectivity index (χ3n) is 3.15. The van der Waals surface area contributed by atoms with Crippen molar-refractivity contribution in [2.45, 2.75) is 12.9 Å². The van der Waals surface area contributed by atoms with Crippen molar-refractivity contribution in [3.8, 4) is 5.75 Å². The predicted octanol–water partition coefficient (Wildman–Crippen LogP) is 3.17. The lowest BCUT2D eigenvalue weighted by atomic mass is 10.3. The Labute approximate surface area is 163 Å². The average molecular weight is 478 g/mol. The quantitative estimate of drug-likeness (QED) is 0.342. The number of para-hydroxylation sites is 2. The zero-order chi connectivity index (χ0) is 17.9. The van der Waals surface area contributed by atoms with Gasteiger partial charge in [0.05, 0.1) is 5.69 Å². The third kappa shape index (κ3) is 4.97. The second-order valence-electron chi connectivity index (χ2n) is 4.92. The first kappa shape index (κ1) is 19.8. The Morgan fingerprint density at radius 2 is 1.88 bits per heavy atom. The van der Waals surface area contributed by atoms with E-state index in [0.29, 0.717) is 11.5 Å². The van der Waals surface area contributed by atoms with Gasteiger partial charge < -0.3 is 15.8 Å². The number of anilines is 1. The summed E-state index contributed by atoms with van der Waals surface area (Å²) in [6, 6.07) is 11.0. The van der Waals surface area contributed by atoms with Crippen LogP contribution in [0.4, 0.5) is 18.9 Å². The van der Waals surface area contributed by atoms with E-state index in [1.165, 1.54) is 18.2 Å². The van der Waals surface area contributed by atoms with Crippen LogP contribution in [0, 0.1) is 0 Å². The maximum atomic E-state index is 12.4. The molecule has 0 unspecified atom stereocenters. The van der Waals surface area contributed by atoms with E-state index in [0.717, 1.165) is 0 Å². The van der Waals surface area contributed by atoms with E-state index in [4.69, 9.17) is 5.73 Å². The van der Waals surface area contributed by atoms with Crippen LogP contribution in [0.1, 0.15) is 5.82 Å². The zero-order valence-electron chi connectivity index (χ0n) is 13.1. The predicted molar refractivity (Wildman–Crippen MR) is 100 cm³/mol. The molecule has 0 radical (unpaired) electrons. The first-order chi connectivity index (χ1) is 11.9. The van der Waals surface area contributed by atoms with Crippen molar-refractivity contribution >= 4 is 41.3 Å². The summed E-state index contributed by atoms with van der Waals surface area (Å²) in [6.07, 6.45) is -3.03. The van der Waals surface area contributed by atoms with Crippen molar-refractivity contribution in [2.75, 3.05) is 5.32 Å². The van der Waals surface area contributed by atoms with Crippen molar-refractivity contribution in [3.05, 3.63) is 54.5 Å². The maximum absolute atomic E-state index is 12.4. The lowest BCUT2D eigenvalue weighted by molar-refractivity contribution is -0.274. The molecule has 2 aromatic heterocycles. The number of hydrogen-bond acceptors (Lipinski definition) is 4. The van der Waals surface area contributed by atoms with E-state index in [2.05, 4.69) is 25.2 Å². The number of halogens is 4. The molecular weight excluding hydrogens is 464 g/mol. The number of aliphatic imine (C=N–C) groups is 1. The summed E-state index contributed by atoms with van der Waals surface area (Å²) >= 11 is 0. The van der Waals surface area contributed by atoms with E-state index in [-0.39, 0.29) is 42.2 Å². The molecule has 0 saturated heterocycles. The molecule has 3 rings (SSSR count). The van der Waals surface area contributed by atoms with E-state index in [1.54, 1.807) is 22.7 Å². The molecule has 3 N–H and O–H groups in total. The Hall–Kier alpha value is -2.57. The van der Waals surface area contributed by atoms with E-state index >= 15 is 0 Å². The molecular formula is C15H14F3IN6O. The number of pyridine rings is 1. The molecule has 1 aromatic carbocycles. The second-order valence-corrected chi connectivity index (χ2v) is 4.92. The lowest BCUT2D eigenvalue weighted by Crippen LogP contribution is -2.24. The highest BCUT2D eigenvalue weighted by atomic mass is 127. The number of nitrogens with zero attached hydrogens (tertiary/aromatic N) is 4. The third-order valence-corrected chi connectivity index (χ3v) is 3.15. The molecule has 0 saturated carbocycles. The van der Waals surface area contributed by atoms with Crippen LogP contribution in [0.3, 0.4) is 0 Å². The van der Waals surface area contributed by atoms with E-state index in [9.17, 15) is 13.2 Å². The van der Waals surface area contributed by atoms with Gasteiger partial charge in [0.25, 0.3) is 0 Å². The van der Waals surface area contributed by atoms with Crippen molar-refractivity contribution in [3.63, 3.8) is 0 Å². The highest BCUT2D eigenvalue weighted by molar-refractivity contribution is 14.0. The number of alkyl halides is 3.